The van der Waals surface area contributed by atoms with Crippen molar-refractivity contribution in [2.75, 3.05) is 19.5 Å². The molecule has 0 aromatic heterocycles. The minimum Gasteiger partial charge on any atom is -0.497 e. The number of hydrogen-bond donors (Lipinski definition) is 1. The zero-order valence-electron chi connectivity index (χ0n) is 19.4. The molecule has 7 heteroatoms. The van der Waals surface area contributed by atoms with Crippen molar-refractivity contribution in [1.82, 2.24) is 4.90 Å². The van der Waals surface area contributed by atoms with E-state index in [9.17, 15) is 14.0 Å². The number of nitrogens with zero attached hydrogens (tertiary/aromatic N) is 1. The van der Waals surface area contributed by atoms with Gasteiger partial charge < -0.3 is 14.8 Å². The summed E-state index contributed by atoms with van der Waals surface area (Å²) in [6.07, 6.45) is 0. The highest BCUT2D eigenvalue weighted by Crippen LogP contribution is 2.36. The molecule has 0 bridgehead atoms. The first-order valence-electron chi connectivity index (χ1n) is 10.7. The number of halogens is 1. The van der Waals surface area contributed by atoms with E-state index in [4.69, 9.17) is 9.47 Å². The van der Waals surface area contributed by atoms with Crippen LogP contribution in [0, 0.1) is 19.7 Å². The number of carbonyl (C=O) groups excluding carboxylic acids is 2. The van der Waals surface area contributed by atoms with Crippen LogP contribution in [-0.2, 0) is 16.1 Å². The molecule has 0 saturated carbocycles. The summed E-state index contributed by atoms with van der Waals surface area (Å²) in [6.45, 7) is 3.89. The molecule has 1 aliphatic heterocycles. The van der Waals surface area contributed by atoms with E-state index in [-0.39, 0.29) is 23.6 Å². The molecule has 0 atom stereocenters. The van der Waals surface area contributed by atoms with Gasteiger partial charge in [0.1, 0.15) is 23.0 Å². The number of rotatable bonds is 7. The Labute approximate surface area is 197 Å². The van der Waals surface area contributed by atoms with Gasteiger partial charge in [-0.3, -0.25) is 14.5 Å². The van der Waals surface area contributed by atoms with Crippen molar-refractivity contribution in [1.29, 1.82) is 0 Å². The lowest BCUT2D eigenvalue weighted by atomic mass is 9.97. The maximum Gasteiger partial charge on any atom is 0.278 e. The first kappa shape index (κ1) is 23.0. The summed E-state index contributed by atoms with van der Waals surface area (Å²) in [6, 6.07) is 16.6. The highest BCUT2D eigenvalue weighted by atomic mass is 19.1. The Morgan fingerprint density at radius 1 is 0.882 bits per heavy atom. The predicted octanol–water partition coefficient (Wildman–Crippen LogP) is 4.85. The second kappa shape index (κ2) is 9.39. The molecule has 34 heavy (non-hydrogen) atoms. The number of aryl methyl sites for hydroxylation is 2. The third kappa shape index (κ3) is 4.37. The molecule has 0 radical (unpaired) electrons. The Bertz CT molecular complexity index is 1300. The van der Waals surface area contributed by atoms with Crippen molar-refractivity contribution in [3.8, 4) is 11.5 Å². The van der Waals surface area contributed by atoms with Gasteiger partial charge in [0.15, 0.2) is 0 Å². The molecule has 0 saturated heterocycles. The molecule has 1 aliphatic rings. The van der Waals surface area contributed by atoms with Crippen molar-refractivity contribution in [2.24, 2.45) is 0 Å². The fourth-order valence-corrected chi connectivity index (χ4v) is 4.00. The predicted molar refractivity (Wildman–Crippen MR) is 128 cm³/mol. The second-order valence-corrected chi connectivity index (χ2v) is 8.08. The lowest BCUT2D eigenvalue weighted by molar-refractivity contribution is -0.137. The number of nitrogens with one attached hydrogen (secondary N) is 1. The lowest BCUT2D eigenvalue weighted by Gasteiger charge is -2.16. The molecule has 1 heterocycles. The van der Waals surface area contributed by atoms with Gasteiger partial charge in [0.2, 0.25) is 0 Å². The summed E-state index contributed by atoms with van der Waals surface area (Å²) in [5, 5.41) is 3.13. The van der Waals surface area contributed by atoms with Gasteiger partial charge in [0.25, 0.3) is 11.8 Å². The molecule has 1 N–H and O–H groups in total. The third-order valence-corrected chi connectivity index (χ3v) is 5.74. The van der Waals surface area contributed by atoms with E-state index >= 15 is 0 Å². The molecule has 3 aromatic carbocycles. The minimum atomic E-state index is -0.478. The van der Waals surface area contributed by atoms with E-state index in [2.05, 4.69) is 5.32 Å². The summed E-state index contributed by atoms with van der Waals surface area (Å²) in [5.74, 6) is -0.230. The number of amides is 2. The summed E-state index contributed by atoms with van der Waals surface area (Å²) >= 11 is 0. The van der Waals surface area contributed by atoms with Gasteiger partial charge in [-0.05, 0) is 54.8 Å². The Morgan fingerprint density at radius 2 is 1.62 bits per heavy atom. The SMILES string of the molecule is COc1ccc(OC)c(NC2=C(c3ccc(C)cc3C)C(=O)N(Cc3ccc(F)cc3)C2=O)c1. The molecule has 4 rings (SSSR count). The molecule has 0 spiro atoms. The molecule has 0 fully saturated rings. The number of hydrogen-bond acceptors (Lipinski definition) is 5. The van der Waals surface area contributed by atoms with Crippen molar-refractivity contribution in [3.63, 3.8) is 0 Å². The monoisotopic (exact) mass is 460 g/mol. The van der Waals surface area contributed by atoms with E-state index < -0.39 is 11.8 Å². The van der Waals surface area contributed by atoms with Crippen molar-refractivity contribution in [2.45, 2.75) is 20.4 Å². The number of benzene rings is 3. The molecule has 6 nitrogen and oxygen atoms in total. The fourth-order valence-electron chi connectivity index (χ4n) is 4.00. The van der Waals surface area contributed by atoms with Gasteiger partial charge >= 0.3 is 0 Å². The maximum absolute atomic E-state index is 13.6. The van der Waals surface area contributed by atoms with E-state index in [1.165, 1.54) is 19.2 Å². The van der Waals surface area contributed by atoms with E-state index in [0.717, 1.165) is 16.0 Å². The van der Waals surface area contributed by atoms with E-state index in [1.54, 1.807) is 37.4 Å². The van der Waals surface area contributed by atoms with Crippen LogP contribution in [0.25, 0.3) is 5.57 Å². The number of methoxy groups -OCH3 is 2. The van der Waals surface area contributed by atoms with Gasteiger partial charge in [-0.15, -0.1) is 0 Å². The third-order valence-electron chi connectivity index (χ3n) is 5.74. The van der Waals surface area contributed by atoms with Gasteiger partial charge in [-0.2, -0.15) is 0 Å². The van der Waals surface area contributed by atoms with Crippen LogP contribution in [0.4, 0.5) is 10.1 Å². The molecule has 3 aromatic rings. The fraction of sp³-hybridized carbons (Fsp3) is 0.185. The zero-order chi connectivity index (χ0) is 24.4. The first-order chi connectivity index (χ1) is 16.3. The zero-order valence-corrected chi connectivity index (χ0v) is 19.4. The highest BCUT2D eigenvalue weighted by Gasteiger charge is 2.40. The van der Waals surface area contributed by atoms with Crippen molar-refractivity contribution >= 4 is 23.1 Å². The smallest absolute Gasteiger partial charge is 0.278 e. The topological polar surface area (TPSA) is 67.9 Å². The van der Waals surface area contributed by atoms with E-state index in [0.29, 0.717) is 28.3 Å². The van der Waals surface area contributed by atoms with Crippen molar-refractivity contribution < 1.29 is 23.5 Å². The van der Waals surface area contributed by atoms with Gasteiger partial charge in [-0.1, -0.05) is 35.9 Å². The number of ether oxygens (including phenoxy) is 2. The largest absolute Gasteiger partial charge is 0.497 e. The molecule has 2 amide bonds. The molecule has 0 aliphatic carbocycles. The van der Waals surface area contributed by atoms with Crippen LogP contribution in [0.1, 0.15) is 22.3 Å². The van der Waals surface area contributed by atoms with Gasteiger partial charge in [-0.25, -0.2) is 4.39 Å². The minimum absolute atomic E-state index is 0.0206. The molecule has 174 valence electrons. The summed E-state index contributed by atoms with van der Waals surface area (Å²) in [4.78, 5) is 28.3. The van der Waals surface area contributed by atoms with Crippen LogP contribution in [0.2, 0.25) is 0 Å². The number of carbonyl (C=O) groups is 2. The van der Waals surface area contributed by atoms with Crippen LogP contribution in [0.15, 0.2) is 66.4 Å². The Balaban J connectivity index is 1.81. The standard InChI is InChI=1S/C27H25FN2O4/c1-16-5-11-21(17(2)13-16)24-25(29-22-14-20(33-3)10-12-23(22)34-4)27(32)30(26(24)31)15-18-6-8-19(28)9-7-18/h5-14,29H,15H2,1-4H3. The van der Waals surface area contributed by atoms with Crippen LogP contribution < -0.4 is 14.8 Å². The summed E-state index contributed by atoms with van der Waals surface area (Å²) < 4.78 is 24.1. The van der Waals surface area contributed by atoms with Crippen LogP contribution >= 0.6 is 0 Å². The second-order valence-electron chi connectivity index (χ2n) is 8.08. The first-order valence-corrected chi connectivity index (χ1v) is 10.7. The highest BCUT2D eigenvalue weighted by molar-refractivity contribution is 6.36. The van der Waals surface area contributed by atoms with Crippen LogP contribution in [-0.4, -0.2) is 30.9 Å². The van der Waals surface area contributed by atoms with E-state index in [1.807, 2.05) is 32.0 Å². The Morgan fingerprint density at radius 3 is 2.26 bits per heavy atom. The van der Waals surface area contributed by atoms with Gasteiger partial charge in [0, 0.05) is 6.07 Å². The van der Waals surface area contributed by atoms with Crippen molar-refractivity contribution in [3.05, 3.63) is 94.4 Å². The summed E-state index contributed by atoms with van der Waals surface area (Å²) in [5.41, 5.74) is 4.13. The van der Waals surface area contributed by atoms with Gasteiger partial charge in [0.05, 0.1) is 32.0 Å². The molecular weight excluding hydrogens is 435 g/mol. The average Bonchev–Trinajstić information content (AvgIpc) is 3.04. The Kier molecular flexibility index (Phi) is 6.36. The Hall–Kier alpha value is -4.13. The van der Waals surface area contributed by atoms with Crippen LogP contribution in [0.3, 0.4) is 0 Å². The molecule has 0 unspecified atom stereocenters. The number of imide groups is 1. The summed E-state index contributed by atoms with van der Waals surface area (Å²) in [7, 11) is 3.06. The van der Waals surface area contributed by atoms with Crippen LogP contribution in [0.5, 0.6) is 11.5 Å². The normalized spacial score (nSPS) is 13.5. The lowest BCUT2D eigenvalue weighted by Crippen LogP contribution is -2.32. The maximum atomic E-state index is 13.6. The average molecular weight is 461 g/mol. The number of anilines is 1. The molecular formula is C27H25FN2O4. The quantitative estimate of drug-likeness (QED) is 0.511.